The maximum atomic E-state index is 12.8. The number of hydrogen-bond donors (Lipinski definition) is 2. The van der Waals surface area contributed by atoms with E-state index < -0.39 is 17.3 Å². The van der Waals surface area contributed by atoms with Crippen molar-refractivity contribution in [2.24, 2.45) is 0 Å². The molecular weight excluding hydrogens is 363 g/mol. The maximum absolute atomic E-state index is 12.8. The second-order valence-corrected chi connectivity index (χ2v) is 7.21. The topological polar surface area (TPSA) is 95.9 Å². The van der Waals surface area contributed by atoms with Gasteiger partial charge in [0.2, 0.25) is 11.8 Å². The molecule has 0 aromatic heterocycles. The number of amides is 2. The number of nitrogens with zero attached hydrogens (tertiary/aromatic N) is 1. The largest absolute Gasteiger partial charge is 0.481 e. The van der Waals surface area contributed by atoms with Crippen LogP contribution in [0.5, 0.6) is 0 Å². The van der Waals surface area contributed by atoms with Gasteiger partial charge in [-0.3, -0.25) is 14.4 Å². The SMILES string of the molecule is CC(SCC(=O)Nc1ccc(F)cc1)C(=O)N1CCOC(CC(=O)O)C1. The Balaban J connectivity index is 1.78. The Morgan fingerprint density at radius 3 is 2.73 bits per heavy atom. The van der Waals surface area contributed by atoms with Gasteiger partial charge in [-0.2, -0.15) is 0 Å². The highest BCUT2D eigenvalue weighted by molar-refractivity contribution is 8.01. The van der Waals surface area contributed by atoms with Gasteiger partial charge in [-0.25, -0.2) is 4.39 Å². The summed E-state index contributed by atoms with van der Waals surface area (Å²) >= 11 is 1.19. The number of carboxylic acids is 1. The van der Waals surface area contributed by atoms with E-state index in [0.717, 1.165) is 0 Å². The highest BCUT2D eigenvalue weighted by Crippen LogP contribution is 2.17. The van der Waals surface area contributed by atoms with E-state index in [0.29, 0.717) is 18.8 Å². The number of carbonyl (C=O) groups excluding carboxylic acids is 2. The molecular formula is C17H21FN2O5S. The molecule has 2 unspecified atom stereocenters. The highest BCUT2D eigenvalue weighted by Gasteiger charge is 2.28. The molecule has 0 saturated carbocycles. The Hall–Kier alpha value is -2.13. The quantitative estimate of drug-likeness (QED) is 0.741. The molecule has 1 heterocycles. The van der Waals surface area contributed by atoms with Crippen LogP contribution in [0.15, 0.2) is 24.3 Å². The van der Waals surface area contributed by atoms with Gasteiger partial charge in [-0.1, -0.05) is 0 Å². The third kappa shape index (κ3) is 6.30. The van der Waals surface area contributed by atoms with Crippen molar-refractivity contribution < 1.29 is 28.6 Å². The first kappa shape index (κ1) is 20.2. The van der Waals surface area contributed by atoms with Crippen molar-refractivity contribution in [3.63, 3.8) is 0 Å². The molecule has 1 fully saturated rings. The minimum Gasteiger partial charge on any atom is -0.481 e. The van der Waals surface area contributed by atoms with Crippen LogP contribution in [0.4, 0.5) is 10.1 Å². The Morgan fingerprint density at radius 1 is 1.38 bits per heavy atom. The lowest BCUT2D eigenvalue weighted by Crippen LogP contribution is -2.48. The molecule has 1 aliphatic rings. The van der Waals surface area contributed by atoms with Gasteiger partial charge in [-0.05, 0) is 31.2 Å². The number of carbonyl (C=O) groups is 3. The molecule has 0 bridgehead atoms. The van der Waals surface area contributed by atoms with E-state index in [1.54, 1.807) is 11.8 Å². The number of rotatable bonds is 7. The zero-order valence-corrected chi connectivity index (χ0v) is 15.1. The van der Waals surface area contributed by atoms with Gasteiger partial charge in [0.1, 0.15) is 5.82 Å². The predicted octanol–water partition coefficient (Wildman–Crippen LogP) is 1.59. The molecule has 0 aliphatic carbocycles. The van der Waals surface area contributed by atoms with Gasteiger partial charge in [0, 0.05) is 18.8 Å². The summed E-state index contributed by atoms with van der Waals surface area (Å²) in [5, 5.41) is 11.0. The van der Waals surface area contributed by atoms with E-state index in [1.165, 1.54) is 36.0 Å². The van der Waals surface area contributed by atoms with Crippen LogP contribution >= 0.6 is 11.8 Å². The first-order chi connectivity index (χ1) is 12.3. The van der Waals surface area contributed by atoms with Gasteiger partial charge in [0.05, 0.1) is 30.1 Å². The number of ether oxygens (including phenoxy) is 1. The van der Waals surface area contributed by atoms with Crippen LogP contribution < -0.4 is 5.32 Å². The molecule has 9 heteroatoms. The van der Waals surface area contributed by atoms with Crippen molar-refractivity contribution in [2.45, 2.75) is 24.7 Å². The second kappa shape index (κ2) is 9.54. The number of morpholine rings is 1. The first-order valence-corrected chi connectivity index (χ1v) is 9.19. The summed E-state index contributed by atoms with van der Waals surface area (Å²) in [6.45, 7) is 2.64. The third-order valence-corrected chi connectivity index (χ3v) is 4.92. The van der Waals surface area contributed by atoms with Gasteiger partial charge in [-0.15, -0.1) is 11.8 Å². The van der Waals surface area contributed by atoms with Crippen molar-refractivity contribution >= 4 is 35.2 Å². The Kier molecular flexibility index (Phi) is 7.40. The number of benzene rings is 1. The second-order valence-electron chi connectivity index (χ2n) is 5.88. The van der Waals surface area contributed by atoms with Gasteiger partial charge >= 0.3 is 5.97 Å². The summed E-state index contributed by atoms with van der Waals surface area (Å²) in [5.74, 6) is -1.71. The van der Waals surface area contributed by atoms with Gasteiger partial charge in [0.25, 0.3) is 0 Å². The number of thioether (sulfide) groups is 1. The number of halogens is 1. The molecule has 142 valence electrons. The lowest BCUT2D eigenvalue weighted by Gasteiger charge is -2.33. The summed E-state index contributed by atoms with van der Waals surface area (Å²) < 4.78 is 18.2. The van der Waals surface area contributed by atoms with Crippen LogP contribution in [-0.2, 0) is 19.1 Å². The number of nitrogens with one attached hydrogen (secondary N) is 1. The minimum absolute atomic E-state index is 0.0766. The lowest BCUT2D eigenvalue weighted by atomic mass is 10.2. The zero-order chi connectivity index (χ0) is 19.1. The molecule has 2 atom stereocenters. The van der Waals surface area contributed by atoms with Crippen LogP contribution in [0, 0.1) is 5.82 Å². The molecule has 1 aliphatic heterocycles. The molecule has 2 rings (SSSR count). The fourth-order valence-corrected chi connectivity index (χ4v) is 3.26. The first-order valence-electron chi connectivity index (χ1n) is 8.14. The molecule has 7 nitrogen and oxygen atoms in total. The molecule has 0 spiro atoms. The smallest absolute Gasteiger partial charge is 0.306 e. The monoisotopic (exact) mass is 384 g/mol. The van der Waals surface area contributed by atoms with Crippen LogP contribution in [0.1, 0.15) is 13.3 Å². The van der Waals surface area contributed by atoms with Crippen LogP contribution in [0.25, 0.3) is 0 Å². The summed E-state index contributed by atoms with van der Waals surface area (Å²) in [7, 11) is 0. The highest BCUT2D eigenvalue weighted by atomic mass is 32.2. The van der Waals surface area contributed by atoms with E-state index in [2.05, 4.69) is 5.32 Å². The van der Waals surface area contributed by atoms with Crippen molar-refractivity contribution in [3.05, 3.63) is 30.1 Å². The maximum Gasteiger partial charge on any atom is 0.306 e. The van der Waals surface area contributed by atoms with Crippen LogP contribution in [0.2, 0.25) is 0 Å². The van der Waals surface area contributed by atoms with E-state index in [-0.39, 0.29) is 36.4 Å². The third-order valence-electron chi connectivity index (χ3n) is 3.79. The summed E-state index contributed by atoms with van der Waals surface area (Å²) in [6.07, 6.45) is -0.657. The Bertz CT molecular complexity index is 655. The standard InChI is InChI=1S/C17H21FN2O5S/c1-11(17(24)20-6-7-25-14(9-20)8-16(22)23)26-10-15(21)19-13-4-2-12(18)3-5-13/h2-5,11,14H,6-10H2,1H3,(H,19,21)(H,22,23). The molecule has 1 aromatic carbocycles. The summed E-state index contributed by atoms with van der Waals surface area (Å²) in [6, 6.07) is 5.42. The van der Waals surface area contributed by atoms with Gasteiger partial charge < -0.3 is 20.1 Å². The number of carboxylic acid groups (broad SMARTS) is 1. The predicted molar refractivity (Wildman–Crippen MR) is 95.5 cm³/mol. The summed E-state index contributed by atoms with van der Waals surface area (Å²) in [4.78, 5) is 36.8. The zero-order valence-electron chi connectivity index (χ0n) is 14.3. The molecule has 26 heavy (non-hydrogen) atoms. The average Bonchev–Trinajstić information content (AvgIpc) is 2.60. The average molecular weight is 384 g/mol. The van der Waals surface area contributed by atoms with E-state index in [9.17, 15) is 18.8 Å². The molecule has 2 amide bonds. The number of aliphatic carboxylic acids is 1. The summed E-state index contributed by atoms with van der Waals surface area (Å²) in [5.41, 5.74) is 0.487. The fourth-order valence-electron chi connectivity index (χ4n) is 2.50. The Labute approximate surface area is 154 Å². The number of anilines is 1. The lowest BCUT2D eigenvalue weighted by molar-refractivity contribution is -0.147. The van der Waals surface area contributed by atoms with Crippen LogP contribution in [0.3, 0.4) is 0 Å². The van der Waals surface area contributed by atoms with Crippen LogP contribution in [-0.4, -0.2) is 64.6 Å². The molecule has 1 aromatic rings. The van der Waals surface area contributed by atoms with Crippen molar-refractivity contribution in [1.29, 1.82) is 0 Å². The van der Waals surface area contributed by atoms with Gasteiger partial charge in [0.15, 0.2) is 0 Å². The minimum atomic E-state index is -0.968. The fraction of sp³-hybridized carbons (Fsp3) is 0.471. The van der Waals surface area contributed by atoms with E-state index >= 15 is 0 Å². The molecule has 0 radical (unpaired) electrons. The van der Waals surface area contributed by atoms with Crippen molar-refractivity contribution in [1.82, 2.24) is 4.90 Å². The normalized spacial score (nSPS) is 18.2. The van der Waals surface area contributed by atoms with Crippen molar-refractivity contribution in [3.8, 4) is 0 Å². The van der Waals surface area contributed by atoms with E-state index in [4.69, 9.17) is 9.84 Å². The van der Waals surface area contributed by atoms with Crippen molar-refractivity contribution in [2.75, 3.05) is 30.8 Å². The Morgan fingerprint density at radius 2 is 2.08 bits per heavy atom. The molecule has 2 N–H and O–H groups in total. The van der Waals surface area contributed by atoms with E-state index in [1.807, 2.05) is 0 Å². The molecule has 1 saturated heterocycles. The number of hydrogen-bond acceptors (Lipinski definition) is 5.